The normalized spacial score (nSPS) is 11.1. The number of aryl methyl sites for hydroxylation is 2. The van der Waals surface area contributed by atoms with Crippen molar-refractivity contribution >= 4 is 16.9 Å². The van der Waals surface area contributed by atoms with E-state index in [-0.39, 0.29) is 0 Å². The first-order valence-electron chi connectivity index (χ1n) is 7.03. The first-order chi connectivity index (χ1) is 9.19. The summed E-state index contributed by atoms with van der Waals surface area (Å²) >= 11 is 0. The molecule has 1 aromatic heterocycles. The molecular formula is C16H21NO2. The molecule has 2 rings (SSSR count). The van der Waals surface area contributed by atoms with Gasteiger partial charge in [-0.05, 0) is 37.0 Å². The van der Waals surface area contributed by atoms with Crippen LogP contribution in [0.3, 0.4) is 0 Å². The lowest BCUT2D eigenvalue weighted by Crippen LogP contribution is -1.99. The molecular weight excluding hydrogens is 238 g/mol. The smallest absolute Gasteiger partial charge is 0.336 e. The van der Waals surface area contributed by atoms with Crippen molar-refractivity contribution in [1.82, 2.24) is 4.57 Å². The molecule has 0 unspecified atom stereocenters. The molecule has 0 radical (unpaired) electrons. The molecule has 3 nitrogen and oxygen atoms in total. The summed E-state index contributed by atoms with van der Waals surface area (Å²) in [5, 5.41) is 10.3. The lowest BCUT2D eigenvalue weighted by Gasteiger charge is -2.03. The number of hydrogen-bond acceptors (Lipinski definition) is 1. The van der Waals surface area contributed by atoms with Gasteiger partial charge in [0.1, 0.15) is 0 Å². The molecule has 1 aromatic carbocycles. The Kier molecular flexibility index (Phi) is 4.25. The Labute approximate surface area is 113 Å². The molecule has 0 aliphatic heterocycles. The largest absolute Gasteiger partial charge is 0.478 e. The zero-order valence-electron chi connectivity index (χ0n) is 11.6. The SMILES string of the molecule is CCCCc1cn(CCC)c2cccc(C(=O)O)c12. The Balaban J connectivity index is 2.61. The van der Waals surface area contributed by atoms with E-state index < -0.39 is 5.97 Å². The van der Waals surface area contributed by atoms with E-state index in [2.05, 4.69) is 24.6 Å². The highest BCUT2D eigenvalue weighted by atomic mass is 16.4. The summed E-state index contributed by atoms with van der Waals surface area (Å²) in [6, 6.07) is 5.56. The number of benzene rings is 1. The highest BCUT2D eigenvalue weighted by Crippen LogP contribution is 2.27. The van der Waals surface area contributed by atoms with Crippen molar-refractivity contribution < 1.29 is 9.90 Å². The number of aromatic carboxylic acids is 1. The molecule has 102 valence electrons. The van der Waals surface area contributed by atoms with Crippen molar-refractivity contribution in [2.75, 3.05) is 0 Å². The van der Waals surface area contributed by atoms with Crippen LogP contribution in [0.5, 0.6) is 0 Å². The van der Waals surface area contributed by atoms with Crippen molar-refractivity contribution in [2.45, 2.75) is 46.1 Å². The average molecular weight is 259 g/mol. The summed E-state index contributed by atoms with van der Waals surface area (Å²) in [5.41, 5.74) is 2.65. The van der Waals surface area contributed by atoms with Gasteiger partial charge in [-0.2, -0.15) is 0 Å². The topological polar surface area (TPSA) is 42.2 Å². The van der Waals surface area contributed by atoms with Crippen LogP contribution in [0.15, 0.2) is 24.4 Å². The van der Waals surface area contributed by atoms with Gasteiger partial charge in [0.05, 0.1) is 5.56 Å². The predicted molar refractivity (Wildman–Crippen MR) is 77.8 cm³/mol. The number of fused-ring (bicyclic) bond motifs is 1. The highest BCUT2D eigenvalue weighted by molar-refractivity contribution is 6.04. The number of carboxylic acids is 1. The lowest BCUT2D eigenvalue weighted by molar-refractivity contribution is 0.0699. The van der Waals surface area contributed by atoms with Gasteiger partial charge in [-0.3, -0.25) is 0 Å². The van der Waals surface area contributed by atoms with E-state index in [4.69, 9.17) is 0 Å². The van der Waals surface area contributed by atoms with Gasteiger partial charge >= 0.3 is 5.97 Å². The average Bonchev–Trinajstić information content (AvgIpc) is 2.75. The fourth-order valence-corrected chi connectivity index (χ4v) is 2.60. The molecule has 0 amide bonds. The summed E-state index contributed by atoms with van der Waals surface area (Å²) < 4.78 is 2.19. The standard InChI is InChI=1S/C16H21NO2/c1-3-5-7-12-11-17(10-4-2)14-9-6-8-13(15(12)14)16(18)19/h6,8-9,11H,3-5,7,10H2,1-2H3,(H,18,19). The van der Waals surface area contributed by atoms with Gasteiger partial charge in [-0.1, -0.05) is 26.3 Å². The summed E-state index contributed by atoms with van der Waals surface area (Å²) in [7, 11) is 0. The van der Waals surface area contributed by atoms with E-state index in [1.807, 2.05) is 12.1 Å². The molecule has 0 fully saturated rings. The number of aromatic nitrogens is 1. The molecule has 0 spiro atoms. The Hall–Kier alpha value is -1.77. The van der Waals surface area contributed by atoms with Gasteiger partial charge < -0.3 is 9.67 Å². The van der Waals surface area contributed by atoms with E-state index in [1.165, 1.54) is 5.56 Å². The molecule has 0 saturated heterocycles. The maximum atomic E-state index is 11.4. The summed E-state index contributed by atoms with van der Waals surface area (Å²) in [6.45, 7) is 5.23. The third-order valence-corrected chi connectivity index (χ3v) is 3.48. The predicted octanol–water partition coefficient (Wildman–Crippen LogP) is 4.09. The number of nitrogens with zero attached hydrogens (tertiary/aromatic N) is 1. The minimum absolute atomic E-state index is 0.429. The maximum Gasteiger partial charge on any atom is 0.336 e. The molecule has 0 atom stereocenters. The van der Waals surface area contributed by atoms with E-state index in [0.29, 0.717) is 5.56 Å². The van der Waals surface area contributed by atoms with Crippen LogP contribution >= 0.6 is 0 Å². The van der Waals surface area contributed by atoms with Gasteiger partial charge in [-0.25, -0.2) is 4.79 Å². The maximum absolute atomic E-state index is 11.4. The first-order valence-corrected chi connectivity index (χ1v) is 7.03. The van der Waals surface area contributed by atoms with Crippen LogP contribution in [0.25, 0.3) is 10.9 Å². The minimum Gasteiger partial charge on any atom is -0.478 e. The van der Waals surface area contributed by atoms with Crippen LogP contribution < -0.4 is 0 Å². The van der Waals surface area contributed by atoms with Gasteiger partial charge in [0.25, 0.3) is 0 Å². The number of rotatable bonds is 6. The molecule has 0 aliphatic rings. The van der Waals surface area contributed by atoms with Crippen molar-refractivity contribution in [3.63, 3.8) is 0 Å². The number of carboxylic acid groups (broad SMARTS) is 1. The quantitative estimate of drug-likeness (QED) is 0.849. The zero-order chi connectivity index (χ0) is 13.8. The molecule has 0 aliphatic carbocycles. The second-order valence-corrected chi connectivity index (χ2v) is 4.96. The third-order valence-electron chi connectivity index (χ3n) is 3.48. The molecule has 19 heavy (non-hydrogen) atoms. The van der Waals surface area contributed by atoms with Gasteiger partial charge in [0, 0.05) is 23.6 Å². The number of unbranched alkanes of at least 4 members (excludes halogenated alkanes) is 1. The molecule has 0 saturated carbocycles. The van der Waals surface area contributed by atoms with Crippen molar-refractivity contribution in [1.29, 1.82) is 0 Å². The van der Waals surface area contributed by atoms with Crippen LogP contribution in [-0.2, 0) is 13.0 Å². The van der Waals surface area contributed by atoms with E-state index >= 15 is 0 Å². The fraction of sp³-hybridized carbons (Fsp3) is 0.438. The molecule has 1 N–H and O–H groups in total. The van der Waals surface area contributed by atoms with Crippen LogP contribution in [0.1, 0.15) is 49.0 Å². The molecule has 2 aromatic rings. The second-order valence-electron chi connectivity index (χ2n) is 4.96. The van der Waals surface area contributed by atoms with E-state index in [1.54, 1.807) is 6.07 Å². The minimum atomic E-state index is -0.836. The Morgan fingerprint density at radius 2 is 2.05 bits per heavy atom. The fourth-order valence-electron chi connectivity index (χ4n) is 2.60. The van der Waals surface area contributed by atoms with Crippen molar-refractivity contribution in [2.24, 2.45) is 0 Å². The van der Waals surface area contributed by atoms with Gasteiger partial charge in [0.2, 0.25) is 0 Å². The Morgan fingerprint density at radius 3 is 2.68 bits per heavy atom. The van der Waals surface area contributed by atoms with Crippen LogP contribution in [-0.4, -0.2) is 15.6 Å². The number of carbonyl (C=O) groups is 1. The number of hydrogen-bond donors (Lipinski definition) is 1. The summed E-state index contributed by atoms with van der Waals surface area (Å²) in [5.74, 6) is -0.836. The zero-order valence-corrected chi connectivity index (χ0v) is 11.6. The third kappa shape index (κ3) is 2.65. The lowest BCUT2D eigenvalue weighted by atomic mass is 10.0. The summed E-state index contributed by atoms with van der Waals surface area (Å²) in [4.78, 5) is 11.4. The first kappa shape index (κ1) is 13.7. The molecule has 3 heteroatoms. The van der Waals surface area contributed by atoms with Crippen LogP contribution in [0, 0.1) is 0 Å². The Morgan fingerprint density at radius 1 is 1.26 bits per heavy atom. The summed E-state index contributed by atoms with van der Waals surface area (Å²) in [6.07, 6.45) is 6.35. The van der Waals surface area contributed by atoms with E-state index in [9.17, 15) is 9.90 Å². The van der Waals surface area contributed by atoms with E-state index in [0.717, 1.165) is 43.1 Å². The molecule has 1 heterocycles. The van der Waals surface area contributed by atoms with Crippen LogP contribution in [0.4, 0.5) is 0 Å². The Bertz CT molecular complexity index is 584. The van der Waals surface area contributed by atoms with Gasteiger partial charge in [0.15, 0.2) is 0 Å². The van der Waals surface area contributed by atoms with Crippen molar-refractivity contribution in [3.8, 4) is 0 Å². The second kappa shape index (κ2) is 5.91. The highest BCUT2D eigenvalue weighted by Gasteiger charge is 2.15. The van der Waals surface area contributed by atoms with Crippen LogP contribution in [0.2, 0.25) is 0 Å². The molecule has 0 bridgehead atoms. The van der Waals surface area contributed by atoms with Gasteiger partial charge in [-0.15, -0.1) is 0 Å². The van der Waals surface area contributed by atoms with Crippen molar-refractivity contribution in [3.05, 3.63) is 35.5 Å². The monoisotopic (exact) mass is 259 g/mol.